The smallest absolute Gasteiger partial charge is 0.243 e. The van der Waals surface area contributed by atoms with Crippen molar-refractivity contribution >= 4 is 15.9 Å². The van der Waals surface area contributed by atoms with Gasteiger partial charge < -0.3 is 9.32 Å². The molecule has 0 spiro atoms. The molecule has 1 aromatic heterocycles. The first kappa shape index (κ1) is 22.2. The lowest BCUT2D eigenvalue weighted by Crippen LogP contribution is -2.50. The molecule has 0 radical (unpaired) electrons. The van der Waals surface area contributed by atoms with Crippen LogP contribution in [0.4, 0.5) is 4.39 Å². The third-order valence-corrected chi connectivity index (χ3v) is 7.36. The number of carbonyl (C=O) groups excluding carboxylic acids is 1. The average molecular weight is 458 g/mol. The minimum Gasteiger partial charge on any atom is -0.441 e. The second-order valence-corrected chi connectivity index (χ2v) is 9.66. The molecule has 0 aliphatic carbocycles. The van der Waals surface area contributed by atoms with E-state index in [1.807, 2.05) is 31.2 Å². The number of aromatic nitrogens is 1. The predicted octanol–water partition coefficient (Wildman–Crippen LogP) is 3.25. The summed E-state index contributed by atoms with van der Waals surface area (Å²) in [4.78, 5) is 18.4. The van der Waals surface area contributed by atoms with Gasteiger partial charge in [0.2, 0.25) is 15.9 Å². The van der Waals surface area contributed by atoms with Crippen molar-refractivity contribution in [2.75, 3.05) is 26.2 Å². The normalized spacial score (nSPS) is 15.1. The van der Waals surface area contributed by atoms with Gasteiger partial charge in [0.1, 0.15) is 5.82 Å². The summed E-state index contributed by atoms with van der Waals surface area (Å²) >= 11 is 0. The number of oxazole rings is 1. The van der Waals surface area contributed by atoms with Gasteiger partial charge in [0.05, 0.1) is 11.1 Å². The van der Waals surface area contributed by atoms with Crippen molar-refractivity contribution in [1.82, 2.24) is 14.2 Å². The predicted molar refractivity (Wildman–Crippen MR) is 117 cm³/mol. The van der Waals surface area contributed by atoms with Crippen LogP contribution in [-0.2, 0) is 21.2 Å². The number of carbonyl (C=O) groups is 1. The Morgan fingerprint density at radius 2 is 1.81 bits per heavy atom. The van der Waals surface area contributed by atoms with Gasteiger partial charge in [-0.25, -0.2) is 17.8 Å². The van der Waals surface area contributed by atoms with Crippen LogP contribution in [-0.4, -0.2) is 54.7 Å². The lowest BCUT2D eigenvalue weighted by atomic mass is 10.1. The number of aryl methyl sites for hydroxylation is 2. The van der Waals surface area contributed by atoms with E-state index in [0.717, 1.165) is 17.2 Å². The fraction of sp³-hybridized carbons (Fsp3) is 0.304. The van der Waals surface area contributed by atoms with Crippen LogP contribution in [0.1, 0.15) is 17.9 Å². The maximum Gasteiger partial charge on any atom is 0.243 e. The molecule has 4 rings (SSSR count). The molecule has 168 valence electrons. The van der Waals surface area contributed by atoms with E-state index in [9.17, 15) is 17.6 Å². The number of sulfonamides is 1. The van der Waals surface area contributed by atoms with Gasteiger partial charge in [0, 0.05) is 44.6 Å². The molecule has 0 unspecified atom stereocenters. The highest BCUT2D eigenvalue weighted by molar-refractivity contribution is 7.89. The Morgan fingerprint density at radius 1 is 1.09 bits per heavy atom. The first-order valence-electron chi connectivity index (χ1n) is 10.4. The third kappa shape index (κ3) is 4.89. The van der Waals surface area contributed by atoms with Gasteiger partial charge in [-0.05, 0) is 25.1 Å². The molecule has 32 heavy (non-hydrogen) atoms. The van der Waals surface area contributed by atoms with Gasteiger partial charge in [-0.3, -0.25) is 4.79 Å². The lowest BCUT2D eigenvalue weighted by molar-refractivity contribution is -0.132. The summed E-state index contributed by atoms with van der Waals surface area (Å²) in [5.41, 5.74) is 2.08. The number of nitrogens with zero attached hydrogens (tertiary/aromatic N) is 3. The molecule has 2 aromatic carbocycles. The van der Waals surface area contributed by atoms with Crippen molar-refractivity contribution in [2.24, 2.45) is 0 Å². The first-order valence-corrected chi connectivity index (χ1v) is 11.8. The number of hydrogen-bond donors (Lipinski definition) is 0. The Balaban J connectivity index is 1.30. The standard InChI is InChI=1S/C23H24FN3O4S/c1-17-5-7-18(8-6-17)21-16-25-22(31-21)9-10-23(28)26-11-13-27(14-12-26)32(29,30)20-4-2-3-19(24)15-20/h2-8,15-16H,9-14H2,1H3. The number of piperazine rings is 1. The van der Waals surface area contributed by atoms with Crippen molar-refractivity contribution in [3.8, 4) is 11.3 Å². The summed E-state index contributed by atoms with van der Waals surface area (Å²) < 4.78 is 45.9. The molecule has 0 N–H and O–H groups in total. The van der Waals surface area contributed by atoms with Gasteiger partial charge in [0.25, 0.3) is 0 Å². The minimum absolute atomic E-state index is 0.0782. The van der Waals surface area contributed by atoms with E-state index in [4.69, 9.17) is 4.42 Å². The van der Waals surface area contributed by atoms with E-state index in [-0.39, 0.29) is 43.4 Å². The maximum atomic E-state index is 13.4. The van der Waals surface area contributed by atoms with E-state index < -0.39 is 15.8 Å². The molecular weight excluding hydrogens is 433 g/mol. The Kier molecular flexibility index (Phi) is 6.38. The molecule has 1 fully saturated rings. The van der Waals surface area contributed by atoms with E-state index in [0.29, 0.717) is 18.1 Å². The molecule has 0 atom stereocenters. The van der Waals surface area contributed by atoms with Crippen LogP contribution in [0.3, 0.4) is 0 Å². The molecule has 1 amide bonds. The molecule has 1 aliphatic heterocycles. The van der Waals surface area contributed by atoms with Crippen LogP contribution in [0.5, 0.6) is 0 Å². The van der Waals surface area contributed by atoms with Crippen LogP contribution in [0.15, 0.2) is 64.0 Å². The molecular formula is C23H24FN3O4S. The fourth-order valence-electron chi connectivity index (χ4n) is 3.60. The Hall–Kier alpha value is -3.04. The average Bonchev–Trinajstić information content (AvgIpc) is 3.27. The van der Waals surface area contributed by atoms with Crippen LogP contribution in [0.2, 0.25) is 0 Å². The quantitative estimate of drug-likeness (QED) is 0.567. The zero-order valence-electron chi connectivity index (χ0n) is 17.7. The molecule has 3 aromatic rings. The third-order valence-electron chi connectivity index (χ3n) is 5.47. The van der Waals surface area contributed by atoms with E-state index in [1.165, 1.54) is 22.5 Å². The molecule has 1 aliphatic rings. The summed E-state index contributed by atoms with van der Waals surface area (Å²) in [5.74, 6) is 0.463. The largest absolute Gasteiger partial charge is 0.441 e. The van der Waals surface area contributed by atoms with Crippen molar-refractivity contribution in [2.45, 2.75) is 24.7 Å². The van der Waals surface area contributed by atoms with Crippen LogP contribution < -0.4 is 0 Å². The number of benzene rings is 2. The number of hydrogen-bond acceptors (Lipinski definition) is 5. The van der Waals surface area contributed by atoms with E-state index in [1.54, 1.807) is 11.1 Å². The molecule has 2 heterocycles. The highest BCUT2D eigenvalue weighted by atomic mass is 32.2. The van der Waals surface area contributed by atoms with Crippen LogP contribution in [0.25, 0.3) is 11.3 Å². The summed E-state index contributed by atoms with van der Waals surface area (Å²) in [5, 5.41) is 0. The second-order valence-electron chi connectivity index (χ2n) is 7.73. The van der Waals surface area contributed by atoms with Gasteiger partial charge in [-0.15, -0.1) is 0 Å². The van der Waals surface area contributed by atoms with E-state index >= 15 is 0 Å². The number of rotatable bonds is 6. The fourth-order valence-corrected chi connectivity index (χ4v) is 5.06. The minimum atomic E-state index is -3.78. The Morgan fingerprint density at radius 3 is 2.50 bits per heavy atom. The van der Waals surface area contributed by atoms with Gasteiger partial charge in [0.15, 0.2) is 11.7 Å². The summed E-state index contributed by atoms with van der Waals surface area (Å²) in [6, 6.07) is 12.9. The summed E-state index contributed by atoms with van der Waals surface area (Å²) in [6.07, 6.45) is 2.25. The monoisotopic (exact) mass is 457 g/mol. The topological polar surface area (TPSA) is 83.7 Å². The van der Waals surface area contributed by atoms with Gasteiger partial charge in [-0.2, -0.15) is 4.31 Å². The van der Waals surface area contributed by atoms with Crippen molar-refractivity contribution < 1.29 is 22.0 Å². The molecule has 7 nitrogen and oxygen atoms in total. The lowest BCUT2D eigenvalue weighted by Gasteiger charge is -2.34. The van der Waals surface area contributed by atoms with Gasteiger partial charge in [-0.1, -0.05) is 35.9 Å². The Labute approximate surface area is 186 Å². The first-order chi connectivity index (χ1) is 15.3. The highest BCUT2D eigenvalue weighted by Crippen LogP contribution is 2.22. The zero-order valence-corrected chi connectivity index (χ0v) is 18.5. The second kappa shape index (κ2) is 9.22. The molecule has 0 saturated carbocycles. The van der Waals surface area contributed by atoms with Crippen LogP contribution in [0, 0.1) is 12.7 Å². The highest BCUT2D eigenvalue weighted by Gasteiger charge is 2.30. The SMILES string of the molecule is Cc1ccc(-c2cnc(CCC(=O)N3CCN(S(=O)(=O)c4cccc(F)c4)CC3)o2)cc1. The molecule has 0 bridgehead atoms. The summed E-state index contributed by atoms with van der Waals surface area (Å²) in [6.45, 7) is 2.92. The zero-order chi connectivity index (χ0) is 22.7. The maximum absolute atomic E-state index is 13.4. The Bertz CT molecular complexity index is 1200. The van der Waals surface area contributed by atoms with E-state index in [2.05, 4.69) is 4.98 Å². The molecule has 9 heteroatoms. The van der Waals surface area contributed by atoms with Crippen molar-refractivity contribution in [3.05, 3.63) is 72.0 Å². The van der Waals surface area contributed by atoms with Gasteiger partial charge >= 0.3 is 0 Å². The summed E-state index contributed by atoms with van der Waals surface area (Å²) in [7, 11) is -3.78. The van der Waals surface area contributed by atoms with Crippen LogP contribution >= 0.6 is 0 Å². The number of amides is 1. The van der Waals surface area contributed by atoms with Crippen molar-refractivity contribution in [1.29, 1.82) is 0 Å². The number of halogens is 1. The molecule has 1 saturated heterocycles. The van der Waals surface area contributed by atoms with Crippen molar-refractivity contribution in [3.63, 3.8) is 0 Å².